The van der Waals surface area contributed by atoms with Gasteiger partial charge in [0.15, 0.2) is 0 Å². The molecule has 0 amide bonds. The lowest BCUT2D eigenvalue weighted by Gasteiger charge is -2.25. The Kier molecular flexibility index (Phi) is 3.73. The van der Waals surface area contributed by atoms with Gasteiger partial charge >= 0.3 is 0 Å². The molecule has 3 nitrogen and oxygen atoms in total. The average Bonchev–Trinajstić information content (AvgIpc) is 2.91. The number of aromatic nitrogens is 2. The quantitative estimate of drug-likeness (QED) is 0.862. The largest absolute Gasteiger partial charge is 0.347 e. The van der Waals surface area contributed by atoms with Gasteiger partial charge in [-0.3, -0.25) is 0 Å². The van der Waals surface area contributed by atoms with Crippen molar-refractivity contribution in [3.8, 4) is 0 Å². The number of anilines is 1. The van der Waals surface area contributed by atoms with E-state index in [2.05, 4.69) is 15.1 Å². The highest BCUT2D eigenvalue weighted by Gasteiger charge is 2.15. The van der Waals surface area contributed by atoms with E-state index in [9.17, 15) is 4.39 Å². The third-order valence-corrected chi connectivity index (χ3v) is 4.34. The fourth-order valence-electron chi connectivity index (χ4n) is 2.31. The molecule has 2 heterocycles. The minimum atomic E-state index is -0.199. The minimum Gasteiger partial charge on any atom is -0.347 e. The molecule has 1 aliphatic rings. The third-order valence-electron chi connectivity index (χ3n) is 3.35. The molecule has 19 heavy (non-hydrogen) atoms. The lowest BCUT2D eigenvalue weighted by Crippen LogP contribution is -2.29. The van der Waals surface area contributed by atoms with E-state index in [0.717, 1.165) is 35.2 Å². The normalized spacial score (nSPS) is 15.7. The van der Waals surface area contributed by atoms with Crippen molar-refractivity contribution in [2.24, 2.45) is 0 Å². The highest BCUT2D eigenvalue weighted by molar-refractivity contribution is 7.15. The zero-order chi connectivity index (χ0) is 13.1. The number of halogens is 1. The van der Waals surface area contributed by atoms with E-state index < -0.39 is 0 Å². The fourth-order valence-corrected chi connectivity index (χ4v) is 3.23. The van der Waals surface area contributed by atoms with Crippen LogP contribution in [0.25, 0.3) is 0 Å². The summed E-state index contributed by atoms with van der Waals surface area (Å²) in [5.41, 5.74) is 1.07. The van der Waals surface area contributed by atoms with Crippen LogP contribution in [0.15, 0.2) is 24.3 Å². The number of benzene rings is 1. The van der Waals surface area contributed by atoms with E-state index in [1.807, 2.05) is 0 Å². The van der Waals surface area contributed by atoms with Crippen molar-refractivity contribution in [3.05, 3.63) is 40.7 Å². The molecule has 2 aromatic rings. The van der Waals surface area contributed by atoms with E-state index in [-0.39, 0.29) is 5.82 Å². The zero-order valence-corrected chi connectivity index (χ0v) is 11.5. The van der Waals surface area contributed by atoms with Gasteiger partial charge in [0.05, 0.1) is 0 Å². The highest BCUT2D eigenvalue weighted by Crippen LogP contribution is 2.25. The Labute approximate surface area is 116 Å². The van der Waals surface area contributed by atoms with Crippen molar-refractivity contribution in [2.45, 2.75) is 25.7 Å². The molecule has 0 aliphatic carbocycles. The Balaban J connectivity index is 1.68. The highest BCUT2D eigenvalue weighted by atomic mass is 32.1. The standard InChI is InChI=1S/C14H16FN3S/c15-12-6-4-11(5-7-12)10-13-16-17-14(19-13)18-8-2-1-3-9-18/h4-7H,1-3,8-10H2. The Hall–Kier alpha value is -1.49. The van der Waals surface area contributed by atoms with Crippen LogP contribution in [-0.4, -0.2) is 23.3 Å². The Morgan fingerprint density at radius 1 is 1.05 bits per heavy atom. The van der Waals surface area contributed by atoms with Crippen LogP contribution in [0.5, 0.6) is 0 Å². The smallest absolute Gasteiger partial charge is 0.208 e. The summed E-state index contributed by atoms with van der Waals surface area (Å²) < 4.78 is 12.8. The van der Waals surface area contributed by atoms with Gasteiger partial charge in [-0.2, -0.15) is 0 Å². The summed E-state index contributed by atoms with van der Waals surface area (Å²) in [6.07, 6.45) is 4.53. The van der Waals surface area contributed by atoms with Gasteiger partial charge in [0, 0.05) is 19.5 Å². The van der Waals surface area contributed by atoms with E-state index >= 15 is 0 Å². The summed E-state index contributed by atoms with van der Waals surface area (Å²) in [4.78, 5) is 2.31. The maximum Gasteiger partial charge on any atom is 0.208 e. The summed E-state index contributed by atoms with van der Waals surface area (Å²) in [6.45, 7) is 2.18. The molecule has 1 aliphatic heterocycles. The van der Waals surface area contributed by atoms with Crippen molar-refractivity contribution in [2.75, 3.05) is 18.0 Å². The van der Waals surface area contributed by atoms with Crippen LogP contribution in [-0.2, 0) is 6.42 Å². The summed E-state index contributed by atoms with van der Waals surface area (Å²) in [6, 6.07) is 6.58. The first-order valence-corrected chi connectivity index (χ1v) is 7.45. The molecule has 0 N–H and O–H groups in total. The van der Waals surface area contributed by atoms with Crippen LogP contribution < -0.4 is 4.90 Å². The number of nitrogens with zero attached hydrogens (tertiary/aromatic N) is 3. The maximum atomic E-state index is 12.8. The molecule has 100 valence electrons. The van der Waals surface area contributed by atoms with Crippen LogP contribution in [0.3, 0.4) is 0 Å². The lowest BCUT2D eigenvalue weighted by molar-refractivity contribution is 0.575. The molecule has 0 atom stereocenters. The van der Waals surface area contributed by atoms with E-state index in [0.29, 0.717) is 0 Å². The molecule has 0 radical (unpaired) electrons. The van der Waals surface area contributed by atoms with Gasteiger partial charge in [-0.05, 0) is 37.0 Å². The molecule has 3 rings (SSSR count). The Bertz CT molecular complexity index is 532. The summed E-state index contributed by atoms with van der Waals surface area (Å²) in [5.74, 6) is -0.199. The second-order valence-corrected chi connectivity index (χ2v) is 5.87. The molecule has 0 saturated carbocycles. The molecule has 0 bridgehead atoms. The summed E-state index contributed by atoms with van der Waals surface area (Å²) in [5, 5.41) is 10.5. The SMILES string of the molecule is Fc1ccc(Cc2nnc(N3CCCCC3)s2)cc1. The van der Waals surface area contributed by atoms with E-state index in [1.165, 1.54) is 31.4 Å². The second kappa shape index (κ2) is 5.65. The van der Waals surface area contributed by atoms with Crippen LogP contribution >= 0.6 is 11.3 Å². The molecule has 1 saturated heterocycles. The van der Waals surface area contributed by atoms with Crippen LogP contribution in [0, 0.1) is 5.82 Å². The molecule has 5 heteroatoms. The van der Waals surface area contributed by atoms with Crippen LogP contribution in [0.2, 0.25) is 0 Å². The van der Waals surface area contributed by atoms with Crippen molar-refractivity contribution in [1.82, 2.24) is 10.2 Å². The fraction of sp³-hybridized carbons (Fsp3) is 0.429. The Morgan fingerprint density at radius 3 is 2.53 bits per heavy atom. The van der Waals surface area contributed by atoms with Crippen LogP contribution in [0.1, 0.15) is 29.8 Å². The minimum absolute atomic E-state index is 0.199. The van der Waals surface area contributed by atoms with Gasteiger partial charge in [-0.15, -0.1) is 10.2 Å². The van der Waals surface area contributed by atoms with Crippen molar-refractivity contribution >= 4 is 16.5 Å². The van der Waals surface area contributed by atoms with Gasteiger partial charge in [0.25, 0.3) is 0 Å². The predicted octanol–water partition coefficient (Wildman–Crippen LogP) is 3.26. The summed E-state index contributed by atoms with van der Waals surface area (Å²) >= 11 is 1.65. The van der Waals surface area contributed by atoms with Gasteiger partial charge in [-0.25, -0.2) is 4.39 Å². The first-order valence-electron chi connectivity index (χ1n) is 6.63. The Morgan fingerprint density at radius 2 is 1.79 bits per heavy atom. The lowest BCUT2D eigenvalue weighted by atomic mass is 10.1. The van der Waals surface area contributed by atoms with Crippen molar-refractivity contribution in [3.63, 3.8) is 0 Å². The molecule has 1 aromatic heterocycles. The monoisotopic (exact) mass is 277 g/mol. The summed E-state index contributed by atoms with van der Waals surface area (Å²) in [7, 11) is 0. The second-order valence-electron chi connectivity index (χ2n) is 4.83. The third kappa shape index (κ3) is 3.10. The number of rotatable bonds is 3. The number of hydrogen-bond donors (Lipinski definition) is 0. The van der Waals surface area contributed by atoms with E-state index in [1.54, 1.807) is 23.5 Å². The van der Waals surface area contributed by atoms with Crippen molar-refractivity contribution in [1.29, 1.82) is 0 Å². The molecule has 0 unspecified atom stereocenters. The topological polar surface area (TPSA) is 29.0 Å². The van der Waals surface area contributed by atoms with Crippen molar-refractivity contribution < 1.29 is 4.39 Å². The predicted molar refractivity (Wildman–Crippen MR) is 75.2 cm³/mol. The maximum absolute atomic E-state index is 12.8. The van der Waals surface area contributed by atoms with Gasteiger partial charge in [0.1, 0.15) is 10.8 Å². The van der Waals surface area contributed by atoms with Gasteiger partial charge in [0.2, 0.25) is 5.13 Å². The number of piperidine rings is 1. The molecule has 1 fully saturated rings. The van der Waals surface area contributed by atoms with Gasteiger partial charge in [-0.1, -0.05) is 23.5 Å². The number of hydrogen-bond acceptors (Lipinski definition) is 4. The first kappa shape index (κ1) is 12.5. The molecular weight excluding hydrogens is 261 g/mol. The van der Waals surface area contributed by atoms with Crippen LogP contribution in [0.4, 0.5) is 9.52 Å². The van der Waals surface area contributed by atoms with E-state index in [4.69, 9.17) is 0 Å². The first-order chi connectivity index (χ1) is 9.31. The average molecular weight is 277 g/mol. The molecular formula is C14H16FN3S. The molecule has 0 spiro atoms. The van der Waals surface area contributed by atoms with Gasteiger partial charge < -0.3 is 4.90 Å². The zero-order valence-electron chi connectivity index (χ0n) is 10.7. The molecule has 1 aromatic carbocycles.